The predicted molar refractivity (Wildman–Crippen MR) is 96.5 cm³/mol. The maximum absolute atomic E-state index is 4.71. The number of hydrogen-bond donors (Lipinski definition) is 0. The second kappa shape index (κ2) is 5.89. The first kappa shape index (κ1) is 15.1. The molecule has 1 fully saturated rings. The molecule has 4 rings (SSSR count). The maximum Gasteiger partial charge on any atom is 0.225 e. The highest BCUT2D eigenvalue weighted by Gasteiger charge is 2.24. The van der Waals surface area contributed by atoms with E-state index in [0.717, 1.165) is 54.5 Å². The molecular formula is C19H23N5. The lowest BCUT2D eigenvalue weighted by atomic mass is 10.0. The van der Waals surface area contributed by atoms with Crippen LogP contribution in [0.2, 0.25) is 0 Å². The molecule has 1 aliphatic heterocycles. The molecule has 3 aromatic rings. The molecule has 0 spiro atoms. The largest absolute Gasteiger partial charge is 0.341 e. The molecule has 5 nitrogen and oxygen atoms in total. The van der Waals surface area contributed by atoms with E-state index in [0.29, 0.717) is 6.04 Å². The van der Waals surface area contributed by atoms with Crippen LogP contribution >= 0.6 is 0 Å². The van der Waals surface area contributed by atoms with E-state index < -0.39 is 0 Å². The molecule has 124 valence electrons. The number of piperidine rings is 1. The van der Waals surface area contributed by atoms with Crippen LogP contribution in [0.3, 0.4) is 0 Å². The number of rotatable bonds is 2. The van der Waals surface area contributed by atoms with Crippen LogP contribution in [0.25, 0.3) is 11.0 Å². The van der Waals surface area contributed by atoms with Gasteiger partial charge in [-0.05, 0) is 51.3 Å². The third-order valence-electron chi connectivity index (χ3n) is 5.10. The zero-order valence-electron chi connectivity index (χ0n) is 14.5. The van der Waals surface area contributed by atoms with Crippen LogP contribution in [-0.4, -0.2) is 32.6 Å². The topological polar surface area (TPSA) is 46.8 Å². The Kier molecular flexibility index (Phi) is 3.71. The minimum Gasteiger partial charge on any atom is -0.341 e. The number of anilines is 1. The summed E-state index contributed by atoms with van der Waals surface area (Å²) in [6, 6.07) is 8.92. The number of imidazole rings is 1. The summed E-state index contributed by atoms with van der Waals surface area (Å²) >= 11 is 0. The van der Waals surface area contributed by atoms with Crippen molar-refractivity contribution in [2.45, 2.75) is 39.7 Å². The monoisotopic (exact) mass is 321 g/mol. The SMILES string of the molecule is Cc1cnc(N2CCC(n3c(C)nc4ccccc43)CC2)nc1C. The van der Waals surface area contributed by atoms with Gasteiger partial charge in [0, 0.05) is 31.0 Å². The highest BCUT2D eigenvalue weighted by atomic mass is 15.3. The van der Waals surface area contributed by atoms with Crippen molar-refractivity contribution in [2.24, 2.45) is 0 Å². The molecule has 0 saturated carbocycles. The van der Waals surface area contributed by atoms with E-state index in [1.165, 1.54) is 5.52 Å². The summed E-state index contributed by atoms with van der Waals surface area (Å²) in [4.78, 5) is 16.2. The van der Waals surface area contributed by atoms with Crippen LogP contribution in [0.15, 0.2) is 30.5 Å². The summed E-state index contributed by atoms with van der Waals surface area (Å²) in [5.41, 5.74) is 4.55. The zero-order valence-corrected chi connectivity index (χ0v) is 14.5. The van der Waals surface area contributed by atoms with Gasteiger partial charge in [-0.2, -0.15) is 0 Å². The van der Waals surface area contributed by atoms with Crippen molar-refractivity contribution in [1.29, 1.82) is 0 Å². The van der Waals surface area contributed by atoms with Gasteiger partial charge in [0.15, 0.2) is 0 Å². The van der Waals surface area contributed by atoms with Crippen molar-refractivity contribution in [2.75, 3.05) is 18.0 Å². The van der Waals surface area contributed by atoms with Crippen LogP contribution in [0.5, 0.6) is 0 Å². The first-order valence-electron chi connectivity index (χ1n) is 8.62. The lowest BCUT2D eigenvalue weighted by Gasteiger charge is -2.33. The van der Waals surface area contributed by atoms with Gasteiger partial charge in [-0.3, -0.25) is 0 Å². The molecule has 1 aromatic carbocycles. The summed E-state index contributed by atoms with van der Waals surface area (Å²) in [5, 5.41) is 0. The fourth-order valence-electron chi connectivity index (χ4n) is 3.62. The lowest BCUT2D eigenvalue weighted by molar-refractivity contribution is 0.395. The summed E-state index contributed by atoms with van der Waals surface area (Å²) in [6.45, 7) is 8.18. The number of aryl methyl sites for hydroxylation is 3. The van der Waals surface area contributed by atoms with Crippen molar-refractivity contribution in [3.63, 3.8) is 0 Å². The zero-order chi connectivity index (χ0) is 16.7. The third kappa shape index (κ3) is 2.54. The first-order chi connectivity index (χ1) is 11.6. The summed E-state index contributed by atoms with van der Waals surface area (Å²) in [6.07, 6.45) is 4.12. The number of nitrogens with zero attached hydrogens (tertiary/aromatic N) is 5. The minimum absolute atomic E-state index is 0.500. The Morgan fingerprint density at radius 3 is 2.50 bits per heavy atom. The molecule has 0 bridgehead atoms. The summed E-state index contributed by atoms with van der Waals surface area (Å²) < 4.78 is 2.41. The van der Waals surface area contributed by atoms with E-state index >= 15 is 0 Å². The molecule has 1 aliphatic rings. The first-order valence-corrected chi connectivity index (χ1v) is 8.62. The standard InChI is InChI=1S/C19H23N5/c1-13-12-20-19(21-14(13)2)23-10-8-16(9-11-23)24-15(3)22-17-6-4-5-7-18(17)24/h4-7,12,16H,8-11H2,1-3H3. The quantitative estimate of drug-likeness (QED) is 0.723. The Labute approximate surface area is 142 Å². The lowest BCUT2D eigenvalue weighted by Crippen LogP contribution is -2.36. The molecular weight excluding hydrogens is 298 g/mol. The van der Waals surface area contributed by atoms with Gasteiger partial charge in [0.2, 0.25) is 5.95 Å². The molecule has 5 heteroatoms. The average molecular weight is 321 g/mol. The second-order valence-corrected chi connectivity index (χ2v) is 6.67. The summed E-state index contributed by atoms with van der Waals surface area (Å²) in [5.74, 6) is 1.97. The fraction of sp³-hybridized carbons (Fsp3) is 0.421. The van der Waals surface area contributed by atoms with Gasteiger partial charge < -0.3 is 9.47 Å². The average Bonchev–Trinajstić information content (AvgIpc) is 2.93. The van der Waals surface area contributed by atoms with E-state index in [-0.39, 0.29) is 0 Å². The van der Waals surface area contributed by atoms with E-state index in [1.807, 2.05) is 13.1 Å². The van der Waals surface area contributed by atoms with Crippen molar-refractivity contribution >= 4 is 17.0 Å². The van der Waals surface area contributed by atoms with Crippen molar-refractivity contribution in [3.8, 4) is 0 Å². The smallest absolute Gasteiger partial charge is 0.225 e. The van der Waals surface area contributed by atoms with Crippen LogP contribution in [0.4, 0.5) is 5.95 Å². The molecule has 24 heavy (non-hydrogen) atoms. The summed E-state index contributed by atoms with van der Waals surface area (Å²) in [7, 11) is 0. The van der Waals surface area contributed by atoms with Gasteiger partial charge in [0.25, 0.3) is 0 Å². The highest BCUT2D eigenvalue weighted by molar-refractivity contribution is 5.76. The van der Waals surface area contributed by atoms with Gasteiger partial charge in [0.1, 0.15) is 5.82 Å². The predicted octanol–water partition coefficient (Wildman–Crippen LogP) is 3.59. The molecule has 0 aliphatic carbocycles. The molecule has 0 N–H and O–H groups in total. The minimum atomic E-state index is 0.500. The Morgan fingerprint density at radius 1 is 1.00 bits per heavy atom. The number of benzene rings is 1. The molecule has 1 saturated heterocycles. The van der Waals surface area contributed by atoms with E-state index in [9.17, 15) is 0 Å². The van der Waals surface area contributed by atoms with E-state index in [4.69, 9.17) is 4.98 Å². The molecule has 0 atom stereocenters. The molecule has 3 heterocycles. The Hall–Kier alpha value is -2.43. The van der Waals surface area contributed by atoms with Crippen LogP contribution in [0, 0.1) is 20.8 Å². The number of para-hydroxylation sites is 2. The van der Waals surface area contributed by atoms with Gasteiger partial charge in [0.05, 0.1) is 11.0 Å². The maximum atomic E-state index is 4.71. The number of hydrogen-bond acceptors (Lipinski definition) is 4. The van der Waals surface area contributed by atoms with E-state index in [1.54, 1.807) is 0 Å². The van der Waals surface area contributed by atoms with Crippen molar-refractivity contribution < 1.29 is 0 Å². The second-order valence-electron chi connectivity index (χ2n) is 6.67. The van der Waals surface area contributed by atoms with Crippen LogP contribution in [-0.2, 0) is 0 Å². The van der Waals surface area contributed by atoms with Crippen LogP contribution < -0.4 is 4.90 Å². The number of aromatic nitrogens is 4. The number of fused-ring (bicyclic) bond motifs is 1. The molecule has 0 radical (unpaired) electrons. The Morgan fingerprint density at radius 2 is 1.75 bits per heavy atom. The molecule has 0 amide bonds. The van der Waals surface area contributed by atoms with Crippen molar-refractivity contribution in [3.05, 3.63) is 47.5 Å². The normalized spacial score (nSPS) is 16.0. The molecule has 2 aromatic heterocycles. The highest BCUT2D eigenvalue weighted by Crippen LogP contribution is 2.29. The van der Waals surface area contributed by atoms with Crippen LogP contribution in [0.1, 0.15) is 36.0 Å². The third-order valence-corrected chi connectivity index (χ3v) is 5.10. The van der Waals surface area contributed by atoms with Gasteiger partial charge >= 0.3 is 0 Å². The van der Waals surface area contributed by atoms with Gasteiger partial charge in [-0.25, -0.2) is 15.0 Å². The van der Waals surface area contributed by atoms with E-state index in [2.05, 4.69) is 57.5 Å². The Balaban J connectivity index is 1.55. The van der Waals surface area contributed by atoms with Gasteiger partial charge in [-0.15, -0.1) is 0 Å². The van der Waals surface area contributed by atoms with Gasteiger partial charge in [-0.1, -0.05) is 12.1 Å². The molecule has 0 unspecified atom stereocenters. The fourth-order valence-corrected chi connectivity index (χ4v) is 3.62. The van der Waals surface area contributed by atoms with Crippen molar-refractivity contribution in [1.82, 2.24) is 19.5 Å². The Bertz CT molecular complexity index is 875.